The quantitative estimate of drug-likeness (QED) is 0.473. The Kier molecular flexibility index (Phi) is 3.52. The van der Waals surface area contributed by atoms with Gasteiger partial charge in [-0.3, -0.25) is 15.0 Å². The maximum absolute atomic E-state index is 12.0. The molecule has 0 saturated heterocycles. The third kappa shape index (κ3) is 2.30. The Morgan fingerprint density at radius 3 is 2.84 bits per heavy atom. The van der Waals surface area contributed by atoms with Gasteiger partial charge in [0, 0.05) is 17.1 Å². The van der Waals surface area contributed by atoms with E-state index in [1.165, 1.54) is 13.2 Å². The van der Waals surface area contributed by atoms with Gasteiger partial charge in [-0.05, 0) is 19.1 Å². The second-order valence-corrected chi connectivity index (χ2v) is 4.16. The van der Waals surface area contributed by atoms with E-state index in [0.717, 1.165) is 0 Å². The monoisotopic (exact) mass is 261 g/mol. The van der Waals surface area contributed by atoms with E-state index >= 15 is 0 Å². The zero-order chi connectivity index (χ0) is 14.0. The molecule has 0 radical (unpaired) electrons. The summed E-state index contributed by atoms with van der Waals surface area (Å²) >= 11 is 0. The first kappa shape index (κ1) is 13.1. The van der Waals surface area contributed by atoms with Crippen molar-refractivity contribution in [2.24, 2.45) is 5.84 Å². The number of ether oxygens (including phenoxy) is 1. The fourth-order valence-corrected chi connectivity index (χ4v) is 2.08. The van der Waals surface area contributed by atoms with E-state index in [4.69, 9.17) is 10.6 Å². The lowest BCUT2D eigenvalue weighted by atomic mass is 10.1. The van der Waals surface area contributed by atoms with Crippen LogP contribution in [0.3, 0.4) is 0 Å². The van der Waals surface area contributed by atoms with Gasteiger partial charge in [0.15, 0.2) is 5.43 Å². The number of rotatable bonds is 3. The molecule has 0 fully saturated rings. The summed E-state index contributed by atoms with van der Waals surface area (Å²) in [6.07, 6.45) is 0. The smallest absolute Gasteiger partial charge is 0.253 e. The van der Waals surface area contributed by atoms with Crippen molar-refractivity contribution in [1.29, 1.82) is 0 Å². The highest BCUT2D eigenvalue weighted by molar-refractivity contribution is 5.87. The van der Waals surface area contributed by atoms with Crippen LogP contribution >= 0.6 is 0 Å². The van der Waals surface area contributed by atoms with E-state index < -0.39 is 0 Å². The highest BCUT2D eigenvalue weighted by Gasteiger charge is 2.13. The van der Waals surface area contributed by atoms with Crippen LogP contribution in [0.5, 0.6) is 5.75 Å². The molecule has 1 amide bonds. The second-order valence-electron chi connectivity index (χ2n) is 4.16. The summed E-state index contributed by atoms with van der Waals surface area (Å²) in [5, 5.41) is 0.509. The van der Waals surface area contributed by atoms with Crippen molar-refractivity contribution in [1.82, 2.24) is 9.99 Å². The molecule has 0 aliphatic heterocycles. The minimum absolute atomic E-state index is 0.0273. The molecule has 0 unspecified atom stereocenters. The number of fused-ring (bicyclic) bond motifs is 1. The Morgan fingerprint density at radius 1 is 1.47 bits per heavy atom. The molecule has 100 valence electrons. The fraction of sp³-hybridized carbons (Fsp3) is 0.231. The number of pyridine rings is 1. The first-order valence-electron chi connectivity index (χ1n) is 5.75. The summed E-state index contributed by atoms with van der Waals surface area (Å²) in [5.74, 6) is 5.30. The number of nitrogens with two attached hydrogens (primary N) is 1. The van der Waals surface area contributed by atoms with Gasteiger partial charge < -0.3 is 9.30 Å². The molecule has 1 aromatic carbocycles. The number of amides is 1. The van der Waals surface area contributed by atoms with Crippen LogP contribution < -0.4 is 21.4 Å². The van der Waals surface area contributed by atoms with Gasteiger partial charge in [0.1, 0.15) is 12.3 Å². The fourth-order valence-electron chi connectivity index (χ4n) is 2.08. The van der Waals surface area contributed by atoms with E-state index in [1.54, 1.807) is 29.7 Å². The SMILES string of the molecule is COc1cccc2c(=O)cc(C)n(CC(=O)NN)c12. The number of aryl methyl sites for hydroxylation is 1. The largest absolute Gasteiger partial charge is 0.495 e. The molecular formula is C13H15N3O3. The second kappa shape index (κ2) is 5.11. The Balaban J connectivity index is 2.80. The summed E-state index contributed by atoms with van der Waals surface area (Å²) in [6, 6.07) is 6.69. The zero-order valence-corrected chi connectivity index (χ0v) is 10.8. The molecule has 6 nitrogen and oxygen atoms in total. The molecule has 0 spiro atoms. The highest BCUT2D eigenvalue weighted by Crippen LogP contribution is 2.24. The molecule has 0 saturated carbocycles. The molecule has 3 N–H and O–H groups in total. The molecule has 2 rings (SSSR count). The van der Waals surface area contributed by atoms with Crippen molar-refractivity contribution in [3.8, 4) is 5.75 Å². The van der Waals surface area contributed by atoms with E-state index in [9.17, 15) is 9.59 Å². The molecule has 19 heavy (non-hydrogen) atoms. The van der Waals surface area contributed by atoms with Crippen LogP contribution in [-0.2, 0) is 11.3 Å². The minimum atomic E-state index is -0.348. The number of hydrazine groups is 1. The van der Waals surface area contributed by atoms with Crippen molar-refractivity contribution in [3.05, 3.63) is 40.2 Å². The van der Waals surface area contributed by atoms with Gasteiger partial charge in [-0.2, -0.15) is 0 Å². The topological polar surface area (TPSA) is 86.3 Å². The van der Waals surface area contributed by atoms with Gasteiger partial charge in [-0.15, -0.1) is 0 Å². The van der Waals surface area contributed by atoms with Crippen LogP contribution in [0.15, 0.2) is 29.1 Å². The number of nitrogens with zero attached hydrogens (tertiary/aromatic N) is 1. The summed E-state index contributed by atoms with van der Waals surface area (Å²) in [4.78, 5) is 23.5. The van der Waals surface area contributed by atoms with Crippen molar-refractivity contribution in [3.63, 3.8) is 0 Å². The summed E-state index contributed by atoms with van der Waals surface area (Å²) in [5.41, 5.74) is 3.25. The Labute approximate surface area is 109 Å². The van der Waals surface area contributed by atoms with Crippen molar-refractivity contribution >= 4 is 16.8 Å². The van der Waals surface area contributed by atoms with Gasteiger partial charge in [0.25, 0.3) is 5.91 Å². The molecular weight excluding hydrogens is 246 g/mol. The van der Waals surface area contributed by atoms with Gasteiger partial charge in [0.2, 0.25) is 0 Å². The molecule has 0 atom stereocenters. The van der Waals surface area contributed by atoms with Gasteiger partial charge in [-0.25, -0.2) is 5.84 Å². The molecule has 1 aromatic heterocycles. The van der Waals surface area contributed by atoms with E-state index in [-0.39, 0.29) is 17.9 Å². The predicted octanol–water partition coefficient (Wildman–Crippen LogP) is 0.308. The number of aromatic nitrogens is 1. The van der Waals surface area contributed by atoms with Crippen LogP contribution in [0.25, 0.3) is 10.9 Å². The lowest BCUT2D eigenvalue weighted by Crippen LogP contribution is -2.34. The number of para-hydroxylation sites is 1. The van der Waals surface area contributed by atoms with Gasteiger partial charge in [0.05, 0.1) is 12.6 Å². The van der Waals surface area contributed by atoms with Gasteiger partial charge >= 0.3 is 0 Å². The summed E-state index contributed by atoms with van der Waals surface area (Å²) < 4.78 is 6.98. The number of hydrogen-bond donors (Lipinski definition) is 2. The van der Waals surface area contributed by atoms with E-state index in [1.807, 2.05) is 0 Å². The van der Waals surface area contributed by atoms with E-state index in [2.05, 4.69) is 5.43 Å². The normalized spacial score (nSPS) is 10.5. The minimum Gasteiger partial charge on any atom is -0.495 e. The maximum atomic E-state index is 12.0. The Bertz CT molecular complexity index is 691. The molecule has 0 bridgehead atoms. The number of nitrogens with one attached hydrogen (secondary N) is 1. The van der Waals surface area contributed by atoms with Crippen LogP contribution in [0, 0.1) is 6.92 Å². The number of methoxy groups -OCH3 is 1. The number of hydrogen-bond acceptors (Lipinski definition) is 4. The highest BCUT2D eigenvalue weighted by atomic mass is 16.5. The predicted molar refractivity (Wildman–Crippen MR) is 71.8 cm³/mol. The van der Waals surface area contributed by atoms with Crippen LogP contribution in [0.4, 0.5) is 0 Å². The van der Waals surface area contributed by atoms with Crippen molar-refractivity contribution in [2.75, 3.05) is 7.11 Å². The number of benzene rings is 1. The molecule has 0 aliphatic carbocycles. The summed E-state index contributed by atoms with van der Waals surface area (Å²) in [6.45, 7) is 1.79. The lowest BCUT2D eigenvalue weighted by Gasteiger charge is -2.15. The number of carbonyl (C=O) groups excluding carboxylic acids is 1. The third-order valence-corrected chi connectivity index (χ3v) is 2.98. The average Bonchev–Trinajstić information content (AvgIpc) is 2.42. The van der Waals surface area contributed by atoms with Crippen LogP contribution in [0.1, 0.15) is 5.69 Å². The van der Waals surface area contributed by atoms with Gasteiger partial charge in [-0.1, -0.05) is 6.07 Å². The Hall–Kier alpha value is -2.34. The lowest BCUT2D eigenvalue weighted by molar-refractivity contribution is -0.121. The van der Waals surface area contributed by atoms with Crippen LogP contribution in [0.2, 0.25) is 0 Å². The van der Waals surface area contributed by atoms with Crippen molar-refractivity contribution < 1.29 is 9.53 Å². The molecule has 1 heterocycles. The third-order valence-electron chi connectivity index (χ3n) is 2.98. The van der Waals surface area contributed by atoms with Crippen LogP contribution in [-0.4, -0.2) is 17.6 Å². The molecule has 0 aliphatic rings. The number of carbonyl (C=O) groups is 1. The average molecular weight is 261 g/mol. The standard InChI is InChI=1S/C13H15N3O3/c1-8-6-10(17)9-4-3-5-11(19-2)13(9)16(8)7-12(18)15-14/h3-6H,7,14H2,1-2H3,(H,15,18). The first-order chi connectivity index (χ1) is 9.08. The van der Waals surface area contributed by atoms with Crippen molar-refractivity contribution in [2.45, 2.75) is 13.5 Å². The maximum Gasteiger partial charge on any atom is 0.253 e. The molecule has 2 aromatic rings. The van der Waals surface area contributed by atoms with E-state index in [0.29, 0.717) is 22.3 Å². The summed E-state index contributed by atoms with van der Waals surface area (Å²) in [7, 11) is 1.52. The molecule has 6 heteroatoms. The zero-order valence-electron chi connectivity index (χ0n) is 10.8. The Morgan fingerprint density at radius 2 is 2.21 bits per heavy atom. The first-order valence-corrected chi connectivity index (χ1v) is 5.75.